The number of anilines is 1. The van der Waals surface area contributed by atoms with Crippen molar-refractivity contribution in [1.29, 1.82) is 0 Å². The van der Waals surface area contributed by atoms with E-state index in [2.05, 4.69) is 10.3 Å². The third-order valence-corrected chi connectivity index (χ3v) is 4.79. The SMILES string of the molecule is CC(C)(C)NC(=O)c1sc2nc(-c3ccc(Cl)cc3)ccc2c1N. The minimum atomic E-state index is -0.318. The van der Waals surface area contributed by atoms with Crippen LogP contribution >= 0.6 is 22.9 Å². The van der Waals surface area contributed by atoms with Gasteiger partial charge < -0.3 is 11.1 Å². The number of nitrogen functional groups attached to an aromatic ring is 1. The number of aromatic nitrogens is 1. The molecule has 0 atom stereocenters. The predicted molar refractivity (Wildman–Crippen MR) is 102 cm³/mol. The summed E-state index contributed by atoms with van der Waals surface area (Å²) in [7, 11) is 0. The Morgan fingerprint density at radius 3 is 2.46 bits per heavy atom. The molecule has 24 heavy (non-hydrogen) atoms. The van der Waals surface area contributed by atoms with Crippen LogP contribution in [0, 0.1) is 0 Å². The molecule has 2 heterocycles. The van der Waals surface area contributed by atoms with E-state index < -0.39 is 0 Å². The lowest BCUT2D eigenvalue weighted by Gasteiger charge is -2.19. The average Bonchev–Trinajstić information content (AvgIpc) is 2.83. The zero-order chi connectivity index (χ0) is 17.5. The summed E-state index contributed by atoms with van der Waals surface area (Å²) >= 11 is 7.24. The Balaban J connectivity index is 2.02. The van der Waals surface area contributed by atoms with Gasteiger partial charge in [0.05, 0.1) is 11.4 Å². The Labute approximate surface area is 149 Å². The molecule has 2 aromatic heterocycles. The van der Waals surface area contributed by atoms with E-state index in [4.69, 9.17) is 17.3 Å². The number of halogens is 1. The molecule has 1 amide bonds. The van der Waals surface area contributed by atoms with Crippen molar-refractivity contribution in [2.45, 2.75) is 26.3 Å². The van der Waals surface area contributed by atoms with E-state index in [0.717, 1.165) is 21.5 Å². The molecular formula is C18H18ClN3OS. The van der Waals surface area contributed by atoms with Gasteiger partial charge in [-0.1, -0.05) is 23.7 Å². The third-order valence-electron chi connectivity index (χ3n) is 3.43. The van der Waals surface area contributed by atoms with Gasteiger partial charge in [-0.3, -0.25) is 4.79 Å². The highest BCUT2D eigenvalue weighted by Crippen LogP contribution is 2.34. The summed E-state index contributed by atoms with van der Waals surface area (Å²) in [6.45, 7) is 5.81. The number of carbonyl (C=O) groups excluding carboxylic acids is 1. The van der Waals surface area contributed by atoms with Gasteiger partial charge in [0.25, 0.3) is 5.91 Å². The minimum Gasteiger partial charge on any atom is -0.397 e. The monoisotopic (exact) mass is 359 g/mol. The number of carbonyl (C=O) groups is 1. The van der Waals surface area contributed by atoms with E-state index in [1.165, 1.54) is 11.3 Å². The number of thiophene rings is 1. The zero-order valence-electron chi connectivity index (χ0n) is 13.7. The second-order valence-electron chi connectivity index (χ2n) is 6.61. The fourth-order valence-electron chi connectivity index (χ4n) is 2.34. The fourth-order valence-corrected chi connectivity index (χ4v) is 3.46. The van der Waals surface area contributed by atoms with Crippen LogP contribution in [0.1, 0.15) is 30.4 Å². The van der Waals surface area contributed by atoms with Crippen LogP contribution < -0.4 is 11.1 Å². The Morgan fingerprint density at radius 1 is 1.17 bits per heavy atom. The van der Waals surface area contributed by atoms with Gasteiger partial charge in [0.2, 0.25) is 0 Å². The van der Waals surface area contributed by atoms with E-state index in [-0.39, 0.29) is 11.4 Å². The van der Waals surface area contributed by atoms with Crippen molar-refractivity contribution < 1.29 is 4.79 Å². The standard InChI is InChI=1S/C18H18ClN3OS/c1-18(2,3)22-16(23)15-14(20)12-8-9-13(21-17(12)24-15)10-4-6-11(19)7-5-10/h4-9H,20H2,1-3H3,(H,22,23). The highest BCUT2D eigenvalue weighted by Gasteiger charge is 2.21. The van der Waals surface area contributed by atoms with Crippen LogP contribution in [0.3, 0.4) is 0 Å². The van der Waals surface area contributed by atoms with E-state index in [1.54, 1.807) is 0 Å². The van der Waals surface area contributed by atoms with E-state index >= 15 is 0 Å². The first-order chi connectivity index (χ1) is 11.2. The molecule has 3 aromatic rings. The highest BCUT2D eigenvalue weighted by molar-refractivity contribution is 7.21. The first-order valence-corrected chi connectivity index (χ1v) is 8.71. The molecule has 124 valence electrons. The summed E-state index contributed by atoms with van der Waals surface area (Å²) in [5.74, 6) is -0.170. The number of pyridine rings is 1. The molecule has 0 aliphatic heterocycles. The second-order valence-corrected chi connectivity index (χ2v) is 8.04. The second kappa shape index (κ2) is 6.07. The summed E-state index contributed by atoms with van der Waals surface area (Å²) in [4.78, 5) is 18.3. The van der Waals surface area contributed by atoms with Crippen molar-refractivity contribution in [3.8, 4) is 11.3 Å². The van der Waals surface area contributed by atoms with Gasteiger partial charge in [0, 0.05) is 21.5 Å². The first-order valence-electron chi connectivity index (χ1n) is 7.52. The Morgan fingerprint density at radius 2 is 1.83 bits per heavy atom. The fraction of sp³-hybridized carbons (Fsp3) is 0.222. The van der Waals surface area contributed by atoms with Crippen molar-refractivity contribution in [1.82, 2.24) is 10.3 Å². The molecule has 0 bridgehead atoms. The number of hydrogen-bond acceptors (Lipinski definition) is 4. The van der Waals surface area contributed by atoms with Crippen LogP contribution in [-0.2, 0) is 0 Å². The number of fused-ring (bicyclic) bond motifs is 1. The molecule has 0 aliphatic rings. The quantitative estimate of drug-likeness (QED) is 0.695. The Hall–Kier alpha value is -2.11. The Kier molecular flexibility index (Phi) is 4.24. The lowest BCUT2D eigenvalue weighted by Crippen LogP contribution is -2.40. The summed E-state index contributed by atoms with van der Waals surface area (Å²) in [6.07, 6.45) is 0. The lowest BCUT2D eigenvalue weighted by molar-refractivity contribution is 0.0924. The van der Waals surface area contributed by atoms with Gasteiger partial charge in [-0.05, 0) is 45.0 Å². The van der Waals surface area contributed by atoms with E-state index in [1.807, 2.05) is 57.2 Å². The van der Waals surface area contributed by atoms with Crippen LogP contribution in [0.2, 0.25) is 5.02 Å². The van der Waals surface area contributed by atoms with Gasteiger partial charge >= 0.3 is 0 Å². The molecule has 0 saturated carbocycles. The molecule has 1 aromatic carbocycles. The number of nitrogens with one attached hydrogen (secondary N) is 1. The largest absolute Gasteiger partial charge is 0.397 e. The molecule has 0 fully saturated rings. The van der Waals surface area contributed by atoms with Crippen LogP contribution in [0.25, 0.3) is 21.5 Å². The van der Waals surface area contributed by atoms with Crippen molar-refractivity contribution in [3.63, 3.8) is 0 Å². The zero-order valence-corrected chi connectivity index (χ0v) is 15.3. The summed E-state index contributed by atoms with van der Waals surface area (Å²) < 4.78 is 0. The highest BCUT2D eigenvalue weighted by atomic mass is 35.5. The number of nitrogens with zero attached hydrogens (tertiary/aromatic N) is 1. The molecule has 0 spiro atoms. The number of amides is 1. The minimum absolute atomic E-state index is 0.170. The third kappa shape index (κ3) is 3.37. The molecule has 6 heteroatoms. The smallest absolute Gasteiger partial charge is 0.263 e. The lowest BCUT2D eigenvalue weighted by atomic mass is 10.1. The average molecular weight is 360 g/mol. The van der Waals surface area contributed by atoms with Crippen LogP contribution in [0.4, 0.5) is 5.69 Å². The summed E-state index contributed by atoms with van der Waals surface area (Å²) in [5.41, 5.74) is 8.11. The van der Waals surface area contributed by atoms with Gasteiger partial charge in [0.1, 0.15) is 9.71 Å². The number of rotatable bonds is 2. The predicted octanol–water partition coefficient (Wildman–Crippen LogP) is 4.73. The van der Waals surface area contributed by atoms with Gasteiger partial charge in [-0.2, -0.15) is 0 Å². The van der Waals surface area contributed by atoms with Gasteiger partial charge in [0.15, 0.2) is 0 Å². The van der Waals surface area contributed by atoms with Gasteiger partial charge in [-0.25, -0.2) is 4.98 Å². The normalized spacial score (nSPS) is 11.7. The Bertz CT molecular complexity index is 910. The van der Waals surface area contributed by atoms with Crippen LogP contribution in [-0.4, -0.2) is 16.4 Å². The summed E-state index contributed by atoms with van der Waals surface area (Å²) in [5, 5.41) is 4.42. The maximum Gasteiger partial charge on any atom is 0.263 e. The molecule has 0 saturated heterocycles. The number of benzene rings is 1. The molecule has 0 unspecified atom stereocenters. The number of hydrogen-bond donors (Lipinski definition) is 2. The first kappa shape index (κ1) is 16.7. The van der Waals surface area contributed by atoms with E-state index in [9.17, 15) is 4.79 Å². The molecule has 0 radical (unpaired) electrons. The maximum atomic E-state index is 12.4. The summed E-state index contributed by atoms with van der Waals surface area (Å²) in [6, 6.07) is 11.3. The van der Waals surface area contributed by atoms with Gasteiger partial charge in [-0.15, -0.1) is 11.3 Å². The van der Waals surface area contributed by atoms with E-state index in [0.29, 0.717) is 15.6 Å². The molecule has 4 nitrogen and oxygen atoms in total. The molecule has 3 rings (SSSR count). The maximum absolute atomic E-state index is 12.4. The molecular weight excluding hydrogens is 342 g/mol. The van der Waals surface area contributed by atoms with Crippen molar-refractivity contribution in [3.05, 3.63) is 46.3 Å². The van der Waals surface area contributed by atoms with Crippen molar-refractivity contribution in [2.24, 2.45) is 0 Å². The van der Waals surface area contributed by atoms with Crippen molar-refractivity contribution in [2.75, 3.05) is 5.73 Å². The number of nitrogens with two attached hydrogens (primary N) is 1. The molecule has 0 aliphatic carbocycles. The molecule has 3 N–H and O–H groups in total. The van der Waals surface area contributed by atoms with Crippen molar-refractivity contribution >= 4 is 44.7 Å². The topological polar surface area (TPSA) is 68.0 Å². The van der Waals surface area contributed by atoms with Crippen LogP contribution in [0.5, 0.6) is 0 Å². The van der Waals surface area contributed by atoms with Crippen LogP contribution in [0.15, 0.2) is 36.4 Å².